The van der Waals surface area contributed by atoms with Crippen LogP contribution >= 0.6 is 0 Å². The Morgan fingerprint density at radius 2 is 2.00 bits per heavy atom. The van der Waals surface area contributed by atoms with E-state index in [1.165, 1.54) is 0 Å². The van der Waals surface area contributed by atoms with E-state index in [2.05, 4.69) is 15.0 Å². The molecule has 1 aromatic heterocycles. The molecule has 0 saturated heterocycles. The third-order valence-corrected chi connectivity index (χ3v) is 1.30. The van der Waals surface area contributed by atoms with Crippen molar-refractivity contribution >= 4 is 12.4 Å². The molecule has 50 valence electrons. The van der Waals surface area contributed by atoms with Crippen molar-refractivity contribution in [2.45, 2.75) is 6.29 Å². The van der Waals surface area contributed by atoms with E-state index < -0.39 is 0 Å². The van der Waals surface area contributed by atoms with Gasteiger partial charge in [-0.05, 0) is 0 Å². The Morgan fingerprint density at radius 3 is 2.60 bits per heavy atom. The Morgan fingerprint density at radius 1 is 1.20 bits per heavy atom. The van der Waals surface area contributed by atoms with Crippen LogP contribution in [0.2, 0.25) is 0 Å². The topological polar surface area (TPSA) is 42.5 Å². The van der Waals surface area contributed by atoms with Gasteiger partial charge < -0.3 is 0 Å². The molecule has 1 aromatic rings. The summed E-state index contributed by atoms with van der Waals surface area (Å²) in [5, 5.41) is 0. The van der Waals surface area contributed by atoms with E-state index in [4.69, 9.17) is 0 Å². The van der Waals surface area contributed by atoms with Gasteiger partial charge in [0, 0.05) is 24.8 Å². The number of hydrogen-bond acceptors (Lipinski definition) is 3. The van der Waals surface area contributed by atoms with E-state index in [-0.39, 0.29) is 6.29 Å². The fraction of sp³-hybridized carbons (Fsp3) is 0.167. The van der Waals surface area contributed by atoms with Gasteiger partial charge in [0.2, 0.25) is 6.29 Å². The number of nitrogens with zero attached hydrogens (tertiary/aromatic N) is 4. The molecule has 10 heavy (non-hydrogen) atoms. The number of imidazole rings is 1. The van der Waals surface area contributed by atoms with Gasteiger partial charge in [-0.1, -0.05) is 0 Å². The number of aromatic nitrogens is 2. The fourth-order valence-corrected chi connectivity index (χ4v) is 0.829. The van der Waals surface area contributed by atoms with E-state index in [0.29, 0.717) is 0 Å². The van der Waals surface area contributed by atoms with E-state index >= 15 is 0 Å². The second kappa shape index (κ2) is 2.06. The Balaban J connectivity index is 2.29. The Bertz CT molecular complexity index is 247. The summed E-state index contributed by atoms with van der Waals surface area (Å²) < 4.78 is 1.83. The minimum absolute atomic E-state index is 0.109. The SMILES string of the molecule is C1=NC(n2ccnc2)N=C1. The molecule has 0 radical (unpaired) electrons. The lowest BCUT2D eigenvalue weighted by atomic mass is 10.8. The predicted octanol–water partition coefficient (Wildman–Crippen LogP) is 0.494. The van der Waals surface area contributed by atoms with E-state index in [1.807, 2.05) is 10.8 Å². The van der Waals surface area contributed by atoms with Gasteiger partial charge in [0.05, 0.1) is 6.33 Å². The molecular formula is C6H6N4. The molecule has 0 amide bonds. The molecule has 0 aromatic carbocycles. The number of hydrogen-bond donors (Lipinski definition) is 0. The molecule has 0 aliphatic carbocycles. The second-order valence-electron chi connectivity index (χ2n) is 1.95. The summed E-state index contributed by atoms with van der Waals surface area (Å²) in [6, 6.07) is 0. The zero-order valence-corrected chi connectivity index (χ0v) is 5.25. The Labute approximate surface area is 57.9 Å². The summed E-state index contributed by atoms with van der Waals surface area (Å²) in [7, 11) is 0. The van der Waals surface area contributed by atoms with Crippen LogP contribution in [0.25, 0.3) is 0 Å². The first-order chi connectivity index (χ1) is 4.97. The third kappa shape index (κ3) is 0.737. The largest absolute Gasteiger partial charge is 0.296 e. The first kappa shape index (κ1) is 5.34. The normalized spacial score (nSPS) is 16.8. The van der Waals surface area contributed by atoms with Crippen LogP contribution in [-0.4, -0.2) is 22.0 Å². The zero-order valence-electron chi connectivity index (χ0n) is 5.25. The molecular weight excluding hydrogens is 128 g/mol. The highest BCUT2D eigenvalue weighted by Crippen LogP contribution is 2.10. The fourth-order valence-electron chi connectivity index (χ4n) is 0.829. The molecule has 1 aliphatic rings. The van der Waals surface area contributed by atoms with E-state index in [1.54, 1.807) is 25.0 Å². The third-order valence-electron chi connectivity index (χ3n) is 1.30. The summed E-state index contributed by atoms with van der Waals surface area (Å²) in [4.78, 5) is 12.0. The van der Waals surface area contributed by atoms with E-state index in [9.17, 15) is 0 Å². The average molecular weight is 134 g/mol. The van der Waals surface area contributed by atoms with Gasteiger partial charge in [0.1, 0.15) is 0 Å². The van der Waals surface area contributed by atoms with Gasteiger partial charge in [0.25, 0.3) is 0 Å². The van der Waals surface area contributed by atoms with Crippen molar-refractivity contribution in [2.24, 2.45) is 9.98 Å². The van der Waals surface area contributed by atoms with Crippen molar-refractivity contribution in [1.82, 2.24) is 9.55 Å². The minimum Gasteiger partial charge on any atom is -0.296 e. The van der Waals surface area contributed by atoms with Crippen LogP contribution in [-0.2, 0) is 0 Å². The average Bonchev–Trinajstić information content (AvgIpc) is 2.59. The molecule has 0 bridgehead atoms. The van der Waals surface area contributed by atoms with Crippen LogP contribution in [0.3, 0.4) is 0 Å². The quantitative estimate of drug-likeness (QED) is 0.551. The molecule has 0 unspecified atom stereocenters. The molecule has 4 nitrogen and oxygen atoms in total. The van der Waals surface area contributed by atoms with Crippen LogP contribution in [0.15, 0.2) is 28.7 Å². The van der Waals surface area contributed by atoms with Crippen LogP contribution in [0, 0.1) is 0 Å². The maximum Gasteiger partial charge on any atom is 0.220 e. The van der Waals surface area contributed by atoms with Crippen molar-refractivity contribution in [3.05, 3.63) is 18.7 Å². The van der Waals surface area contributed by atoms with Crippen molar-refractivity contribution in [1.29, 1.82) is 0 Å². The molecule has 2 heterocycles. The summed E-state index contributed by atoms with van der Waals surface area (Å²) in [5.74, 6) is 0. The molecule has 0 fully saturated rings. The zero-order chi connectivity index (χ0) is 6.81. The summed E-state index contributed by atoms with van der Waals surface area (Å²) >= 11 is 0. The van der Waals surface area contributed by atoms with Gasteiger partial charge in [-0.25, -0.2) is 15.0 Å². The Hall–Kier alpha value is -1.45. The maximum atomic E-state index is 4.05. The van der Waals surface area contributed by atoms with Gasteiger partial charge in [-0.15, -0.1) is 0 Å². The molecule has 0 saturated carbocycles. The molecule has 0 N–H and O–H groups in total. The molecule has 4 heteroatoms. The number of aliphatic imine (C=N–C) groups is 2. The summed E-state index contributed by atoms with van der Waals surface area (Å²) in [5.41, 5.74) is 0. The highest BCUT2D eigenvalue weighted by Gasteiger charge is 2.05. The van der Waals surface area contributed by atoms with E-state index in [0.717, 1.165) is 0 Å². The lowest BCUT2D eigenvalue weighted by Crippen LogP contribution is -1.97. The summed E-state index contributed by atoms with van der Waals surface area (Å²) in [6.45, 7) is 0. The van der Waals surface area contributed by atoms with Gasteiger partial charge in [0.15, 0.2) is 0 Å². The minimum atomic E-state index is -0.109. The molecule has 0 atom stereocenters. The summed E-state index contributed by atoms with van der Waals surface area (Å²) in [6.07, 6.45) is 8.51. The molecule has 0 spiro atoms. The van der Waals surface area contributed by atoms with Crippen LogP contribution in [0.1, 0.15) is 6.29 Å². The molecule has 2 rings (SSSR count). The predicted molar refractivity (Wildman–Crippen MR) is 38.2 cm³/mol. The van der Waals surface area contributed by atoms with Crippen molar-refractivity contribution in [3.63, 3.8) is 0 Å². The maximum absolute atomic E-state index is 4.05. The van der Waals surface area contributed by atoms with Crippen molar-refractivity contribution < 1.29 is 0 Å². The first-order valence-electron chi connectivity index (χ1n) is 2.99. The Kier molecular flexibility index (Phi) is 1.10. The lowest BCUT2D eigenvalue weighted by Gasteiger charge is -2.02. The highest BCUT2D eigenvalue weighted by molar-refractivity contribution is 6.17. The van der Waals surface area contributed by atoms with Crippen LogP contribution in [0.5, 0.6) is 0 Å². The van der Waals surface area contributed by atoms with Gasteiger partial charge in [-0.2, -0.15) is 0 Å². The second-order valence-corrected chi connectivity index (χ2v) is 1.95. The standard InChI is InChI=1S/C6H6N4/c1-2-9-6(8-1)10-4-3-7-5-10/h1-6H. The monoisotopic (exact) mass is 134 g/mol. The van der Waals surface area contributed by atoms with Gasteiger partial charge in [-0.3, -0.25) is 4.57 Å². The van der Waals surface area contributed by atoms with Crippen LogP contribution in [0.4, 0.5) is 0 Å². The van der Waals surface area contributed by atoms with Crippen LogP contribution < -0.4 is 0 Å². The van der Waals surface area contributed by atoms with Gasteiger partial charge >= 0.3 is 0 Å². The van der Waals surface area contributed by atoms with Crippen molar-refractivity contribution in [2.75, 3.05) is 0 Å². The number of rotatable bonds is 1. The highest BCUT2D eigenvalue weighted by atomic mass is 15.3. The lowest BCUT2D eigenvalue weighted by molar-refractivity contribution is 0.562. The van der Waals surface area contributed by atoms with Crippen molar-refractivity contribution in [3.8, 4) is 0 Å². The molecule has 1 aliphatic heterocycles. The first-order valence-corrected chi connectivity index (χ1v) is 2.99. The smallest absolute Gasteiger partial charge is 0.220 e.